The molecule has 4 N–H and O–H groups in total. The minimum absolute atomic E-state index is 0.0238. The summed E-state index contributed by atoms with van der Waals surface area (Å²) >= 11 is 0. The molecule has 4 heteroatoms. The van der Waals surface area contributed by atoms with Crippen LogP contribution in [0.3, 0.4) is 0 Å². The molecule has 0 aromatic heterocycles. The van der Waals surface area contributed by atoms with E-state index in [0.29, 0.717) is 24.2 Å². The number of rotatable bonds is 4. The minimum Gasteiger partial charge on any atom is -0.382 e. The van der Waals surface area contributed by atoms with Gasteiger partial charge in [0.1, 0.15) is 0 Å². The van der Waals surface area contributed by atoms with Crippen LogP contribution < -0.4 is 16.4 Å². The van der Waals surface area contributed by atoms with Gasteiger partial charge in [0.15, 0.2) is 0 Å². The van der Waals surface area contributed by atoms with Crippen LogP contribution in [0.2, 0.25) is 0 Å². The van der Waals surface area contributed by atoms with Gasteiger partial charge in [0.05, 0.1) is 0 Å². The summed E-state index contributed by atoms with van der Waals surface area (Å²) in [6, 6.07) is 8.37. The van der Waals surface area contributed by atoms with Crippen LogP contribution in [-0.2, 0) is 0 Å². The standard InChI is InChI=1S/C14H21N3O/c1-2-16-14(18)10-4-3-5-12(8-10)17-13-7-6-11(15)9-13/h3-5,8,11,13,17H,2,6-7,9,15H2,1H3,(H,16,18). The van der Waals surface area contributed by atoms with Crippen molar-refractivity contribution >= 4 is 11.6 Å². The molecule has 2 unspecified atom stereocenters. The molecule has 0 spiro atoms. The van der Waals surface area contributed by atoms with E-state index in [4.69, 9.17) is 5.73 Å². The molecule has 1 aromatic carbocycles. The zero-order chi connectivity index (χ0) is 13.0. The maximum atomic E-state index is 11.7. The van der Waals surface area contributed by atoms with Gasteiger partial charge in [-0.25, -0.2) is 0 Å². The summed E-state index contributed by atoms with van der Waals surface area (Å²) in [6.45, 7) is 2.56. The van der Waals surface area contributed by atoms with Gasteiger partial charge >= 0.3 is 0 Å². The molecular formula is C14H21N3O. The number of anilines is 1. The van der Waals surface area contributed by atoms with Crippen LogP contribution in [0, 0.1) is 0 Å². The highest BCUT2D eigenvalue weighted by Gasteiger charge is 2.21. The predicted octanol–water partition coefficient (Wildman–Crippen LogP) is 1.73. The molecule has 1 amide bonds. The van der Waals surface area contributed by atoms with E-state index >= 15 is 0 Å². The minimum atomic E-state index is -0.0238. The van der Waals surface area contributed by atoms with Crippen molar-refractivity contribution in [1.29, 1.82) is 0 Å². The Bertz CT molecular complexity index is 419. The number of benzene rings is 1. The van der Waals surface area contributed by atoms with Gasteiger partial charge in [-0.1, -0.05) is 6.07 Å². The van der Waals surface area contributed by atoms with E-state index in [1.54, 1.807) is 0 Å². The summed E-state index contributed by atoms with van der Waals surface area (Å²) < 4.78 is 0. The summed E-state index contributed by atoms with van der Waals surface area (Å²) in [5.74, 6) is -0.0238. The zero-order valence-electron chi connectivity index (χ0n) is 10.8. The third-order valence-electron chi connectivity index (χ3n) is 3.31. The highest BCUT2D eigenvalue weighted by atomic mass is 16.1. The molecule has 0 heterocycles. The maximum absolute atomic E-state index is 11.7. The molecule has 0 radical (unpaired) electrons. The molecule has 4 nitrogen and oxygen atoms in total. The fourth-order valence-electron chi connectivity index (χ4n) is 2.40. The fraction of sp³-hybridized carbons (Fsp3) is 0.500. The summed E-state index contributed by atoms with van der Waals surface area (Å²) in [6.07, 6.45) is 3.19. The highest BCUT2D eigenvalue weighted by Crippen LogP contribution is 2.22. The van der Waals surface area contributed by atoms with Crippen LogP contribution in [0.1, 0.15) is 36.5 Å². The first kappa shape index (κ1) is 12.9. The summed E-state index contributed by atoms with van der Waals surface area (Å²) in [4.78, 5) is 11.7. The van der Waals surface area contributed by atoms with Crippen molar-refractivity contribution in [3.05, 3.63) is 29.8 Å². The Morgan fingerprint density at radius 1 is 1.44 bits per heavy atom. The van der Waals surface area contributed by atoms with Gasteiger partial charge < -0.3 is 16.4 Å². The van der Waals surface area contributed by atoms with E-state index < -0.39 is 0 Å². The van der Waals surface area contributed by atoms with Crippen LogP contribution in [0.5, 0.6) is 0 Å². The van der Waals surface area contributed by atoms with Gasteiger partial charge in [-0.05, 0) is 44.4 Å². The second-order valence-electron chi connectivity index (χ2n) is 4.85. The van der Waals surface area contributed by atoms with Gasteiger partial charge in [-0.3, -0.25) is 4.79 Å². The number of carbonyl (C=O) groups is 1. The van der Waals surface area contributed by atoms with Crippen LogP contribution >= 0.6 is 0 Å². The lowest BCUT2D eigenvalue weighted by Gasteiger charge is -2.14. The van der Waals surface area contributed by atoms with Gasteiger partial charge in [0.25, 0.3) is 5.91 Å². The Morgan fingerprint density at radius 2 is 2.28 bits per heavy atom. The Kier molecular flexibility index (Phi) is 4.20. The topological polar surface area (TPSA) is 67.2 Å². The van der Waals surface area contributed by atoms with Crippen LogP contribution in [-0.4, -0.2) is 24.5 Å². The molecule has 0 aliphatic heterocycles. The second-order valence-corrected chi connectivity index (χ2v) is 4.85. The Balaban J connectivity index is 2.01. The number of nitrogens with two attached hydrogens (primary N) is 1. The smallest absolute Gasteiger partial charge is 0.251 e. The number of hydrogen-bond donors (Lipinski definition) is 3. The lowest BCUT2D eigenvalue weighted by Crippen LogP contribution is -2.23. The lowest BCUT2D eigenvalue weighted by molar-refractivity contribution is 0.0956. The maximum Gasteiger partial charge on any atom is 0.251 e. The molecule has 1 aliphatic rings. The molecule has 2 rings (SSSR count). The fourth-order valence-corrected chi connectivity index (χ4v) is 2.40. The van der Waals surface area contributed by atoms with Crippen LogP contribution in [0.4, 0.5) is 5.69 Å². The molecular weight excluding hydrogens is 226 g/mol. The van der Waals surface area contributed by atoms with Crippen molar-refractivity contribution < 1.29 is 4.79 Å². The van der Waals surface area contributed by atoms with Crippen molar-refractivity contribution in [2.45, 2.75) is 38.3 Å². The molecule has 18 heavy (non-hydrogen) atoms. The molecule has 2 atom stereocenters. The lowest BCUT2D eigenvalue weighted by atomic mass is 10.1. The van der Waals surface area contributed by atoms with E-state index in [-0.39, 0.29) is 5.91 Å². The number of amides is 1. The number of hydrogen-bond acceptors (Lipinski definition) is 3. The first-order chi connectivity index (χ1) is 8.69. The summed E-state index contributed by atoms with van der Waals surface area (Å²) in [5.41, 5.74) is 7.59. The Hall–Kier alpha value is -1.55. The van der Waals surface area contributed by atoms with E-state index in [1.807, 2.05) is 31.2 Å². The van der Waals surface area contributed by atoms with Crippen LogP contribution in [0.15, 0.2) is 24.3 Å². The summed E-state index contributed by atoms with van der Waals surface area (Å²) in [7, 11) is 0. The van der Waals surface area contributed by atoms with E-state index in [0.717, 1.165) is 24.9 Å². The monoisotopic (exact) mass is 247 g/mol. The molecule has 1 saturated carbocycles. The van der Waals surface area contributed by atoms with Crippen molar-refractivity contribution in [2.75, 3.05) is 11.9 Å². The molecule has 0 saturated heterocycles. The highest BCUT2D eigenvalue weighted by molar-refractivity contribution is 5.95. The average molecular weight is 247 g/mol. The van der Waals surface area contributed by atoms with Gasteiger partial charge in [-0.15, -0.1) is 0 Å². The van der Waals surface area contributed by atoms with Crippen molar-refractivity contribution in [3.8, 4) is 0 Å². The van der Waals surface area contributed by atoms with Crippen LogP contribution in [0.25, 0.3) is 0 Å². The Morgan fingerprint density at radius 3 is 2.94 bits per heavy atom. The van der Waals surface area contributed by atoms with Gasteiger partial charge in [0, 0.05) is 29.9 Å². The third kappa shape index (κ3) is 3.23. The van der Waals surface area contributed by atoms with E-state index in [2.05, 4.69) is 10.6 Å². The SMILES string of the molecule is CCNC(=O)c1cccc(NC2CCC(N)C2)c1. The zero-order valence-corrected chi connectivity index (χ0v) is 10.8. The average Bonchev–Trinajstić information content (AvgIpc) is 2.75. The number of carbonyl (C=O) groups excluding carboxylic acids is 1. The van der Waals surface area contributed by atoms with E-state index in [9.17, 15) is 4.79 Å². The molecule has 1 aliphatic carbocycles. The summed E-state index contributed by atoms with van der Waals surface area (Å²) in [5, 5.41) is 6.25. The second kappa shape index (κ2) is 5.87. The first-order valence-corrected chi connectivity index (χ1v) is 6.59. The molecule has 98 valence electrons. The normalized spacial score (nSPS) is 22.8. The quantitative estimate of drug-likeness (QED) is 0.759. The Labute approximate surface area is 108 Å². The largest absolute Gasteiger partial charge is 0.382 e. The van der Waals surface area contributed by atoms with Crippen molar-refractivity contribution in [3.63, 3.8) is 0 Å². The van der Waals surface area contributed by atoms with E-state index in [1.165, 1.54) is 0 Å². The van der Waals surface area contributed by atoms with Gasteiger partial charge in [0.2, 0.25) is 0 Å². The third-order valence-corrected chi connectivity index (χ3v) is 3.31. The molecule has 1 fully saturated rings. The first-order valence-electron chi connectivity index (χ1n) is 6.59. The molecule has 0 bridgehead atoms. The van der Waals surface area contributed by atoms with Crippen molar-refractivity contribution in [1.82, 2.24) is 5.32 Å². The molecule has 1 aromatic rings. The number of nitrogens with one attached hydrogen (secondary N) is 2. The van der Waals surface area contributed by atoms with Gasteiger partial charge in [-0.2, -0.15) is 0 Å². The predicted molar refractivity (Wildman–Crippen MR) is 73.7 cm³/mol. The van der Waals surface area contributed by atoms with Crippen molar-refractivity contribution in [2.24, 2.45) is 5.73 Å².